The molecule has 2 heterocycles. The standard InChI is InChI=1S/C18H33N3O4/c1-4-19(5-2)17(23)25-15-10-20(11-15)14-7-8-18(9-14)12-21(13-18)16(22)24-6-3/h14-16,22H,4-13H2,1-3H3. The average molecular weight is 355 g/mol. The normalized spacial score (nSPS) is 27.8. The van der Waals surface area contributed by atoms with Gasteiger partial charge in [-0.05, 0) is 45.4 Å². The van der Waals surface area contributed by atoms with Crippen LogP contribution < -0.4 is 0 Å². The molecular weight excluding hydrogens is 322 g/mol. The molecule has 3 aliphatic rings. The molecule has 1 saturated carbocycles. The van der Waals surface area contributed by atoms with Crippen LogP contribution in [-0.4, -0.2) is 90.3 Å². The molecule has 0 bridgehead atoms. The number of amides is 1. The lowest BCUT2D eigenvalue weighted by molar-refractivity contribution is -0.238. The molecule has 2 atom stereocenters. The van der Waals surface area contributed by atoms with E-state index in [-0.39, 0.29) is 12.2 Å². The van der Waals surface area contributed by atoms with Gasteiger partial charge in [-0.25, -0.2) is 4.79 Å². The van der Waals surface area contributed by atoms with Crippen molar-refractivity contribution < 1.29 is 19.4 Å². The summed E-state index contributed by atoms with van der Waals surface area (Å²) in [5.41, 5.74) is 0.353. The van der Waals surface area contributed by atoms with Gasteiger partial charge in [0, 0.05) is 51.9 Å². The Morgan fingerprint density at radius 1 is 1.28 bits per heavy atom. The van der Waals surface area contributed by atoms with E-state index in [1.54, 1.807) is 4.90 Å². The van der Waals surface area contributed by atoms with E-state index in [2.05, 4.69) is 4.90 Å². The van der Waals surface area contributed by atoms with Crippen molar-refractivity contribution in [2.75, 3.05) is 45.9 Å². The molecule has 1 N–H and O–H groups in total. The van der Waals surface area contributed by atoms with Gasteiger partial charge in [0.05, 0.1) is 0 Å². The van der Waals surface area contributed by atoms with Gasteiger partial charge in [-0.15, -0.1) is 0 Å². The van der Waals surface area contributed by atoms with Gasteiger partial charge in [0.2, 0.25) is 6.41 Å². The Morgan fingerprint density at radius 3 is 2.56 bits per heavy atom. The number of ether oxygens (including phenoxy) is 2. The Bertz CT molecular complexity index is 459. The summed E-state index contributed by atoms with van der Waals surface area (Å²) < 4.78 is 10.8. The van der Waals surface area contributed by atoms with Gasteiger partial charge in [0.15, 0.2) is 0 Å². The molecule has 3 rings (SSSR count). The summed E-state index contributed by atoms with van der Waals surface area (Å²) in [6.07, 6.45) is 2.71. The Kier molecular flexibility index (Phi) is 5.88. The second kappa shape index (κ2) is 7.78. The lowest BCUT2D eigenvalue weighted by atomic mass is 9.78. The van der Waals surface area contributed by atoms with Crippen molar-refractivity contribution in [3.8, 4) is 0 Å². The summed E-state index contributed by atoms with van der Waals surface area (Å²) in [6.45, 7) is 11.4. The number of carbonyl (C=O) groups excluding carboxylic acids is 1. The quantitative estimate of drug-likeness (QED) is 0.695. The lowest BCUT2D eigenvalue weighted by Gasteiger charge is -2.50. The highest BCUT2D eigenvalue weighted by molar-refractivity contribution is 5.67. The number of nitrogens with zero attached hydrogens (tertiary/aromatic N) is 3. The van der Waals surface area contributed by atoms with E-state index in [1.165, 1.54) is 19.3 Å². The molecule has 25 heavy (non-hydrogen) atoms. The van der Waals surface area contributed by atoms with Gasteiger partial charge in [-0.3, -0.25) is 9.80 Å². The molecule has 1 spiro atoms. The molecule has 7 nitrogen and oxygen atoms in total. The topological polar surface area (TPSA) is 65.5 Å². The third-order valence-corrected chi connectivity index (χ3v) is 6.06. The van der Waals surface area contributed by atoms with Crippen LogP contribution in [0.5, 0.6) is 0 Å². The highest BCUT2D eigenvalue weighted by atomic mass is 16.6. The van der Waals surface area contributed by atoms with Crippen LogP contribution in [0.1, 0.15) is 40.0 Å². The molecule has 2 saturated heterocycles. The first kappa shape index (κ1) is 18.9. The fraction of sp³-hybridized carbons (Fsp3) is 0.944. The molecule has 3 fully saturated rings. The van der Waals surface area contributed by atoms with Crippen molar-refractivity contribution in [2.24, 2.45) is 5.41 Å². The first-order valence-corrected chi connectivity index (χ1v) is 9.73. The van der Waals surface area contributed by atoms with Crippen LogP contribution in [0.25, 0.3) is 0 Å². The summed E-state index contributed by atoms with van der Waals surface area (Å²) in [4.78, 5) is 18.2. The largest absolute Gasteiger partial charge is 0.443 e. The molecular formula is C18H33N3O4. The SMILES string of the molecule is CCOC(O)N1CC2(CCC(N3CC(OC(=O)N(CC)CC)C3)C2)C1. The molecule has 0 aromatic carbocycles. The van der Waals surface area contributed by atoms with Gasteiger partial charge >= 0.3 is 6.09 Å². The molecule has 1 aliphatic carbocycles. The van der Waals surface area contributed by atoms with Crippen molar-refractivity contribution in [2.45, 2.75) is 58.6 Å². The van der Waals surface area contributed by atoms with Gasteiger partial charge < -0.3 is 19.5 Å². The number of rotatable bonds is 7. The summed E-state index contributed by atoms with van der Waals surface area (Å²) in [5, 5.41) is 9.89. The smallest absolute Gasteiger partial charge is 0.410 e. The number of carbonyl (C=O) groups is 1. The van der Waals surface area contributed by atoms with Gasteiger partial charge in [-0.2, -0.15) is 0 Å². The molecule has 0 radical (unpaired) electrons. The molecule has 2 unspecified atom stereocenters. The van der Waals surface area contributed by atoms with Crippen molar-refractivity contribution in [1.82, 2.24) is 14.7 Å². The zero-order valence-corrected chi connectivity index (χ0v) is 15.8. The Morgan fingerprint density at radius 2 is 1.96 bits per heavy atom. The predicted molar refractivity (Wildman–Crippen MR) is 94.0 cm³/mol. The third kappa shape index (κ3) is 3.94. The Labute approximate surface area is 150 Å². The zero-order valence-electron chi connectivity index (χ0n) is 15.8. The minimum Gasteiger partial charge on any atom is -0.443 e. The highest BCUT2D eigenvalue weighted by Crippen LogP contribution is 2.48. The van der Waals surface area contributed by atoms with E-state index in [1.807, 2.05) is 25.7 Å². The monoisotopic (exact) mass is 355 g/mol. The van der Waals surface area contributed by atoms with Gasteiger partial charge in [-0.1, -0.05) is 0 Å². The molecule has 1 amide bonds. The van der Waals surface area contributed by atoms with Crippen LogP contribution >= 0.6 is 0 Å². The van der Waals surface area contributed by atoms with E-state index in [0.29, 0.717) is 31.2 Å². The maximum atomic E-state index is 12.0. The summed E-state index contributed by atoms with van der Waals surface area (Å²) in [7, 11) is 0. The van der Waals surface area contributed by atoms with Crippen molar-refractivity contribution in [3.63, 3.8) is 0 Å². The minimum atomic E-state index is -0.748. The number of aliphatic hydroxyl groups excluding tert-OH is 1. The van der Waals surface area contributed by atoms with Crippen molar-refractivity contribution >= 4 is 6.09 Å². The maximum Gasteiger partial charge on any atom is 0.410 e. The summed E-state index contributed by atoms with van der Waals surface area (Å²) in [6, 6.07) is 0.592. The third-order valence-electron chi connectivity index (χ3n) is 6.06. The van der Waals surface area contributed by atoms with E-state index >= 15 is 0 Å². The minimum absolute atomic E-state index is 0.0438. The molecule has 2 aliphatic heterocycles. The predicted octanol–water partition coefficient (Wildman–Crippen LogP) is 1.32. The Hall–Kier alpha value is -0.890. The molecule has 0 aromatic rings. The van der Waals surface area contributed by atoms with Gasteiger partial charge in [0.1, 0.15) is 6.10 Å². The number of hydrogen-bond donors (Lipinski definition) is 1. The molecule has 0 aromatic heterocycles. The van der Waals surface area contributed by atoms with Crippen LogP contribution in [0.2, 0.25) is 0 Å². The second-order valence-corrected chi connectivity index (χ2v) is 7.72. The number of likely N-dealkylation sites (tertiary alicyclic amines) is 2. The first-order valence-electron chi connectivity index (χ1n) is 9.73. The second-order valence-electron chi connectivity index (χ2n) is 7.72. The summed E-state index contributed by atoms with van der Waals surface area (Å²) >= 11 is 0. The fourth-order valence-corrected chi connectivity index (χ4v) is 4.54. The summed E-state index contributed by atoms with van der Waals surface area (Å²) in [5.74, 6) is 0. The van der Waals surface area contributed by atoms with E-state index < -0.39 is 6.41 Å². The number of hydrogen-bond acceptors (Lipinski definition) is 6. The molecule has 7 heteroatoms. The maximum absolute atomic E-state index is 12.0. The highest BCUT2D eigenvalue weighted by Gasteiger charge is 2.52. The van der Waals surface area contributed by atoms with Crippen molar-refractivity contribution in [1.29, 1.82) is 0 Å². The van der Waals surface area contributed by atoms with E-state index in [9.17, 15) is 9.90 Å². The average Bonchev–Trinajstić information content (AvgIpc) is 2.95. The van der Waals surface area contributed by atoms with Crippen LogP contribution in [0.3, 0.4) is 0 Å². The van der Waals surface area contributed by atoms with Crippen LogP contribution in [0, 0.1) is 5.41 Å². The lowest BCUT2D eigenvalue weighted by Crippen LogP contribution is -2.61. The van der Waals surface area contributed by atoms with Crippen LogP contribution in [-0.2, 0) is 9.47 Å². The van der Waals surface area contributed by atoms with Crippen LogP contribution in [0.4, 0.5) is 4.79 Å². The molecule has 144 valence electrons. The van der Waals surface area contributed by atoms with E-state index in [4.69, 9.17) is 9.47 Å². The Balaban J connectivity index is 1.37. The fourth-order valence-electron chi connectivity index (χ4n) is 4.54. The van der Waals surface area contributed by atoms with E-state index in [0.717, 1.165) is 26.2 Å². The number of aliphatic hydroxyl groups is 1. The van der Waals surface area contributed by atoms with Gasteiger partial charge in [0.25, 0.3) is 0 Å². The van der Waals surface area contributed by atoms with Crippen LogP contribution in [0.15, 0.2) is 0 Å². The van der Waals surface area contributed by atoms with Crippen molar-refractivity contribution in [3.05, 3.63) is 0 Å². The zero-order chi connectivity index (χ0) is 18.0. The first-order chi connectivity index (χ1) is 12.0.